The van der Waals surface area contributed by atoms with E-state index in [1.54, 1.807) is 48.5 Å². The molecule has 2 N–H and O–H groups in total. The molecule has 0 atom stereocenters. The van der Waals surface area contributed by atoms with E-state index >= 15 is 0 Å². The maximum atomic E-state index is 12.7. The smallest absolute Gasteiger partial charge is 0.313 e. The number of halogens is 1. The fraction of sp³-hybridized carbons (Fsp3) is 0.333. The van der Waals surface area contributed by atoms with Gasteiger partial charge in [0.15, 0.2) is 0 Å². The molecule has 30 heavy (non-hydrogen) atoms. The van der Waals surface area contributed by atoms with Crippen molar-refractivity contribution in [3.63, 3.8) is 0 Å². The van der Waals surface area contributed by atoms with Crippen LogP contribution in [0, 0.1) is 0 Å². The number of hydrogen-bond donors (Lipinski definition) is 2. The Morgan fingerprint density at radius 2 is 1.53 bits per heavy atom. The molecule has 1 saturated heterocycles. The van der Waals surface area contributed by atoms with Crippen LogP contribution in [0.2, 0.25) is 5.02 Å². The monoisotopic (exact) mass is 449 g/mol. The zero-order valence-corrected chi connectivity index (χ0v) is 18.0. The summed E-state index contributed by atoms with van der Waals surface area (Å²) in [6, 6.07) is 13.1. The highest BCUT2D eigenvalue weighted by atomic mass is 35.5. The molecule has 0 unspecified atom stereocenters. The predicted octanol–water partition coefficient (Wildman–Crippen LogP) is 2.81. The van der Waals surface area contributed by atoms with Crippen molar-refractivity contribution in [1.82, 2.24) is 9.62 Å². The van der Waals surface area contributed by atoms with Gasteiger partial charge in [-0.05, 0) is 61.2 Å². The van der Waals surface area contributed by atoms with Crippen molar-refractivity contribution < 1.29 is 18.0 Å². The number of anilines is 1. The molecule has 2 aromatic carbocycles. The molecule has 0 aliphatic carbocycles. The molecule has 1 aliphatic rings. The molecule has 3 rings (SSSR count). The summed E-state index contributed by atoms with van der Waals surface area (Å²) < 4.78 is 26.9. The van der Waals surface area contributed by atoms with E-state index in [9.17, 15) is 18.0 Å². The van der Waals surface area contributed by atoms with Crippen molar-refractivity contribution in [2.24, 2.45) is 0 Å². The van der Waals surface area contributed by atoms with Gasteiger partial charge in [-0.3, -0.25) is 9.59 Å². The van der Waals surface area contributed by atoms with Crippen LogP contribution in [0.5, 0.6) is 0 Å². The molecule has 2 amide bonds. The zero-order chi connectivity index (χ0) is 21.6. The number of amides is 2. The molecule has 160 valence electrons. The predicted molar refractivity (Wildman–Crippen MR) is 116 cm³/mol. The van der Waals surface area contributed by atoms with Crippen LogP contribution in [-0.4, -0.2) is 44.2 Å². The lowest BCUT2D eigenvalue weighted by molar-refractivity contribution is -0.136. The van der Waals surface area contributed by atoms with Crippen LogP contribution in [0.25, 0.3) is 0 Å². The Balaban J connectivity index is 1.48. The van der Waals surface area contributed by atoms with Gasteiger partial charge in [-0.1, -0.05) is 30.2 Å². The Bertz CT molecular complexity index is 986. The highest BCUT2D eigenvalue weighted by Crippen LogP contribution is 2.21. The molecule has 0 bridgehead atoms. The van der Waals surface area contributed by atoms with Crippen LogP contribution in [0.15, 0.2) is 53.4 Å². The number of piperidine rings is 1. The molecule has 7 nitrogen and oxygen atoms in total. The summed E-state index contributed by atoms with van der Waals surface area (Å²) in [6.45, 7) is 1.38. The highest BCUT2D eigenvalue weighted by molar-refractivity contribution is 7.89. The van der Waals surface area contributed by atoms with Gasteiger partial charge in [-0.25, -0.2) is 8.42 Å². The van der Waals surface area contributed by atoms with Gasteiger partial charge in [0, 0.05) is 30.3 Å². The van der Waals surface area contributed by atoms with Gasteiger partial charge in [0.25, 0.3) is 0 Å². The van der Waals surface area contributed by atoms with Gasteiger partial charge in [-0.15, -0.1) is 0 Å². The molecule has 0 aromatic heterocycles. The zero-order valence-electron chi connectivity index (χ0n) is 16.4. The van der Waals surface area contributed by atoms with Gasteiger partial charge in [0.05, 0.1) is 4.90 Å². The maximum absolute atomic E-state index is 12.7. The van der Waals surface area contributed by atoms with Crippen molar-refractivity contribution in [1.29, 1.82) is 0 Å². The van der Waals surface area contributed by atoms with Crippen LogP contribution in [0.3, 0.4) is 0 Å². The first-order valence-corrected chi connectivity index (χ1v) is 11.6. The standard InChI is InChI=1S/C21H24ClN3O4S/c22-17-6-8-18(9-7-17)24-21(27)20(26)23-13-12-16-4-10-19(11-5-16)30(28,29)25-14-2-1-3-15-25/h4-11H,1-3,12-15H2,(H,23,26)(H,24,27). The van der Waals surface area contributed by atoms with Crippen LogP contribution in [-0.2, 0) is 26.0 Å². The van der Waals surface area contributed by atoms with E-state index in [0.717, 1.165) is 24.8 Å². The first-order valence-electron chi connectivity index (χ1n) is 9.80. The van der Waals surface area contributed by atoms with E-state index < -0.39 is 21.8 Å². The Morgan fingerprint density at radius 1 is 0.900 bits per heavy atom. The second-order valence-electron chi connectivity index (χ2n) is 7.08. The normalized spacial score (nSPS) is 14.8. The van der Waals surface area contributed by atoms with Crippen molar-refractivity contribution in [2.45, 2.75) is 30.6 Å². The Labute approximate surface area is 181 Å². The van der Waals surface area contributed by atoms with Gasteiger partial charge in [0.1, 0.15) is 0 Å². The number of nitrogens with one attached hydrogen (secondary N) is 2. The van der Waals surface area contributed by atoms with Crippen molar-refractivity contribution >= 4 is 39.1 Å². The van der Waals surface area contributed by atoms with Crippen molar-refractivity contribution in [3.05, 3.63) is 59.1 Å². The maximum Gasteiger partial charge on any atom is 0.313 e. The summed E-state index contributed by atoms with van der Waals surface area (Å²) in [5.74, 6) is -1.51. The van der Waals surface area contributed by atoms with E-state index in [-0.39, 0.29) is 11.4 Å². The number of hydrogen-bond acceptors (Lipinski definition) is 4. The average Bonchev–Trinajstić information content (AvgIpc) is 2.76. The lowest BCUT2D eigenvalue weighted by Gasteiger charge is -2.25. The third kappa shape index (κ3) is 5.81. The molecule has 0 saturated carbocycles. The van der Waals surface area contributed by atoms with Gasteiger partial charge in [-0.2, -0.15) is 4.31 Å². The fourth-order valence-electron chi connectivity index (χ4n) is 3.20. The van der Waals surface area contributed by atoms with Crippen LogP contribution >= 0.6 is 11.6 Å². The summed E-state index contributed by atoms with van der Waals surface area (Å²) in [4.78, 5) is 24.1. The van der Waals surface area contributed by atoms with E-state index in [1.807, 2.05) is 0 Å². The first-order chi connectivity index (χ1) is 14.4. The quantitative estimate of drug-likeness (QED) is 0.663. The molecule has 1 aliphatic heterocycles. The molecule has 1 fully saturated rings. The summed E-state index contributed by atoms with van der Waals surface area (Å²) >= 11 is 5.78. The summed E-state index contributed by atoms with van der Waals surface area (Å²) in [5.41, 5.74) is 1.34. The van der Waals surface area contributed by atoms with Crippen LogP contribution in [0.1, 0.15) is 24.8 Å². The van der Waals surface area contributed by atoms with Crippen LogP contribution in [0.4, 0.5) is 5.69 Å². The van der Waals surface area contributed by atoms with Crippen LogP contribution < -0.4 is 10.6 Å². The molecule has 9 heteroatoms. The minimum Gasteiger partial charge on any atom is -0.347 e. The summed E-state index contributed by atoms with van der Waals surface area (Å²) in [5, 5.41) is 5.58. The number of sulfonamides is 1. The molecule has 0 radical (unpaired) electrons. The Morgan fingerprint density at radius 3 is 2.17 bits per heavy atom. The van der Waals surface area contributed by atoms with Gasteiger partial charge < -0.3 is 10.6 Å². The molecular formula is C21H24ClN3O4S. The number of nitrogens with zero attached hydrogens (tertiary/aromatic N) is 1. The third-order valence-electron chi connectivity index (χ3n) is 4.88. The lowest BCUT2D eigenvalue weighted by atomic mass is 10.1. The van der Waals surface area contributed by atoms with Gasteiger partial charge in [0.2, 0.25) is 10.0 Å². The minimum absolute atomic E-state index is 0.255. The second kappa shape index (κ2) is 10.1. The van der Waals surface area contributed by atoms with E-state index in [4.69, 9.17) is 11.6 Å². The molecule has 1 heterocycles. The first kappa shape index (κ1) is 22.3. The molecule has 0 spiro atoms. The molecule has 2 aromatic rings. The number of rotatable bonds is 6. The molecular weight excluding hydrogens is 426 g/mol. The Hall–Kier alpha value is -2.42. The van der Waals surface area contributed by atoms with E-state index in [2.05, 4.69) is 10.6 Å². The van der Waals surface area contributed by atoms with Crippen molar-refractivity contribution in [2.75, 3.05) is 25.0 Å². The van der Waals surface area contributed by atoms with E-state index in [1.165, 1.54) is 4.31 Å². The van der Waals surface area contributed by atoms with Gasteiger partial charge >= 0.3 is 11.8 Å². The minimum atomic E-state index is -3.45. The number of carbonyl (C=O) groups is 2. The number of carbonyl (C=O) groups excluding carboxylic acids is 2. The summed E-state index contributed by atoms with van der Waals surface area (Å²) in [7, 11) is -3.45. The fourth-order valence-corrected chi connectivity index (χ4v) is 4.85. The lowest BCUT2D eigenvalue weighted by Crippen LogP contribution is -2.36. The van der Waals surface area contributed by atoms with Crippen molar-refractivity contribution in [3.8, 4) is 0 Å². The average molecular weight is 450 g/mol. The highest BCUT2D eigenvalue weighted by Gasteiger charge is 2.25. The van der Waals surface area contributed by atoms with E-state index in [0.29, 0.717) is 30.2 Å². The third-order valence-corrected chi connectivity index (χ3v) is 7.05. The topological polar surface area (TPSA) is 95.6 Å². The number of benzene rings is 2. The largest absolute Gasteiger partial charge is 0.347 e. The Kier molecular flexibility index (Phi) is 7.47. The SMILES string of the molecule is O=C(NCCc1ccc(S(=O)(=O)N2CCCCC2)cc1)C(=O)Nc1ccc(Cl)cc1. The second-order valence-corrected chi connectivity index (χ2v) is 9.45. The summed E-state index contributed by atoms with van der Waals surface area (Å²) in [6.07, 6.45) is 3.32.